The fourth-order valence-corrected chi connectivity index (χ4v) is 2.03. The van der Waals surface area contributed by atoms with Gasteiger partial charge in [-0.1, -0.05) is 11.6 Å². The van der Waals surface area contributed by atoms with E-state index in [4.69, 9.17) is 26.2 Å². The van der Waals surface area contributed by atoms with Crippen molar-refractivity contribution in [3.05, 3.63) is 22.7 Å². The van der Waals surface area contributed by atoms with E-state index in [1.807, 2.05) is 6.26 Å². The van der Waals surface area contributed by atoms with Crippen molar-refractivity contribution in [2.75, 3.05) is 25.7 Å². The number of methoxy groups -OCH3 is 1. The average molecular weight is 291 g/mol. The van der Waals surface area contributed by atoms with Crippen LogP contribution in [0.1, 0.15) is 16.8 Å². The smallest absolute Gasteiger partial charge is 0.335 e. The maximum Gasteiger partial charge on any atom is 0.335 e. The summed E-state index contributed by atoms with van der Waals surface area (Å²) in [7, 11) is 1.45. The molecule has 0 amide bonds. The van der Waals surface area contributed by atoms with Gasteiger partial charge in [-0.25, -0.2) is 4.79 Å². The zero-order chi connectivity index (χ0) is 13.5. The third-order valence-corrected chi connectivity index (χ3v) is 3.19. The van der Waals surface area contributed by atoms with E-state index in [-0.39, 0.29) is 10.6 Å². The summed E-state index contributed by atoms with van der Waals surface area (Å²) in [6.07, 6.45) is 2.91. The number of hydrogen-bond acceptors (Lipinski definition) is 4. The highest BCUT2D eigenvalue weighted by atomic mass is 35.5. The predicted molar refractivity (Wildman–Crippen MR) is 73.5 cm³/mol. The second kappa shape index (κ2) is 7.38. The zero-order valence-corrected chi connectivity index (χ0v) is 11.8. The minimum absolute atomic E-state index is 0.0771. The van der Waals surface area contributed by atoms with Crippen LogP contribution in [0.25, 0.3) is 0 Å². The Balaban J connectivity index is 2.86. The highest BCUT2D eigenvalue weighted by Crippen LogP contribution is 2.36. The van der Waals surface area contributed by atoms with Crippen LogP contribution >= 0.6 is 23.4 Å². The Hall–Kier alpha value is -1.07. The molecule has 4 nitrogen and oxygen atoms in total. The fourth-order valence-electron chi connectivity index (χ4n) is 1.36. The van der Waals surface area contributed by atoms with Crippen LogP contribution in [0.2, 0.25) is 5.02 Å². The number of carbonyl (C=O) groups is 1. The van der Waals surface area contributed by atoms with Gasteiger partial charge in [-0.15, -0.1) is 0 Å². The number of hydrogen-bond donors (Lipinski definition) is 1. The summed E-state index contributed by atoms with van der Waals surface area (Å²) in [6, 6.07) is 2.76. The van der Waals surface area contributed by atoms with Crippen molar-refractivity contribution in [1.82, 2.24) is 0 Å². The van der Waals surface area contributed by atoms with Crippen LogP contribution in [0.4, 0.5) is 0 Å². The molecule has 0 aliphatic heterocycles. The van der Waals surface area contributed by atoms with Gasteiger partial charge < -0.3 is 14.6 Å². The molecule has 0 atom stereocenters. The van der Waals surface area contributed by atoms with Crippen molar-refractivity contribution in [1.29, 1.82) is 0 Å². The second-order valence-electron chi connectivity index (χ2n) is 3.49. The van der Waals surface area contributed by atoms with E-state index in [0.29, 0.717) is 18.1 Å². The van der Waals surface area contributed by atoms with Gasteiger partial charge in [0.25, 0.3) is 0 Å². The van der Waals surface area contributed by atoms with Crippen LogP contribution in [0.5, 0.6) is 11.5 Å². The van der Waals surface area contributed by atoms with Gasteiger partial charge >= 0.3 is 5.97 Å². The molecule has 0 saturated carbocycles. The zero-order valence-electron chi connectivity index (χ0n) is 10.2. The average Bonchev–Trinajstić information content (AvgIpc) is 2.35. The first-order valence-corrected chi connectivity index (χ1v) is 7.10. The largest absolute Gasteiger partial charge is 0.493 e. The van der Waals surface area contributed by atoms with Crippen LogP contribution in [-0.4, -0.2) is 36.8 Å². The van der Waals surface area contributed by atoms with Crippen LogP contribution in [-0.2, 0) is 0 Å². The quantitative estimate of drug-likeness (QED) is 0.782. The Morgan fingerprint density at radius 1 is 1.50 bits per heavy atom. The molecule has 0 radical (unpaired) electrons. The molecule has 1 aromatic rings. The lowest BCUT2D eigenvalue weighted by atomic mass is 10.2. The van der Waals surface area contributed by atoms with Gasteiger partial charge in [-0.05, 0) is 30.6 Å². The molecule has 0 saturated heterocycles. The van der Waals surface area contributed by atoms with E-state index in [1.165, 1.54) is 19.2 Å². The summed E-state index contributed by atoms with van der Waals surface area (Å²) in [5, 5.41) is 9.15. The first-order valence-electron chi connectivity index (χ1n) is 5.32. The third kappa shape index (κ3) is 3.99. The summed E-state index contributed by atoms with van der Waals surface area (Å²) < 4.78 is 10.6. The van der Waals surface area contributed by atoms with Crippen molar-refractivity contribution < 1.29 is 19.4 Å². The molecule has 0 fully saturated rings. The number of halogens is 1. The molecule has 0 heterocycles. The van der Waals surface area contributed by atoms with E-state index in [2.05, 4.69) is 0 Å². The van der Waals surface area contributed by atoms with Crippen molar-refractivity contribution in [2.45, 2.75) is 6.42 Å². The lowest BCUT2D eigenvalue weighted by Gasteiger charge is -2.13. The topological polar surface area (TPSA) is 55.8 Å². The van der Waals surface area contributed by atoms with Gasteiger partial charge in [0.1, 0.15) is 0 Å². The van der Waals surface area contributed by atoms with Gasteiger partial charge in [0, 0.05) is 0 Å². The molecule has 100 valence electrons. The molecule has 0 unspecified atom stereocenters. The SMILES string of the molecule is COc1cc(C(=O)O)cc(Cl)c1OCCCSC. The van der Waals surface area contributed by atoms with E-state index in [1.54, 1.807) is 11.8 Å². The van der Waals surface area contributed by atoms with Gasteiger partial charge in [0.15, 0.2) is 11.5 Å². The Kier molecular flexibility index (Phi) is 6.15. The number of carboxylic acids is 1. The van der Waals surface area contributed by atoms with Gasteiger partial charge in [0.2, 0.25) is 0 Å². The molecule has 0 aliphatic carbocycles. The van der Waals surface area contributed by atoms with E-state index >= 15 is 0 Å². The fraction of sp³-hybridized carbons (Fsp3) is 0.417. The molecule has 18 heavy (non-hydrogen) atoms. The molecule has 0 spiro atoms. The van der Waals surface area contributed by atoms with E-state index < -0.39 is 5.97 Å². The highest BCUT2D eigenvalue weighted by molar-refractivity contribution is 7.98. The number of rotatable bonds is 7. The molecule has 1 aromatic carbocycles. The highest BCUT2D eigenvalue weighted by Gasteiger charge is 2.15. The lowest BCUT2D eigenvalue weighted by Crippen LogP contribution is -2.03. The monoisotopic (exact) mass is 290 g/mol. The second-order valence-corrected chi connectivity index (χ2v) is 4.88. The minimum Gasteiger partial charge on any atom is -0.493 e. The van der Waals surface area contributed by atoms with Crippen molar-refractivity contribution in [3.63, 3.8) is 0 Å². The number of aromatic carboxylic acids is 1. The molecule has 0 aromatic heterocycles. The first-order chi connectivity index (χ1) is 8.60. The molecule has 0 aliphatic rings. The van der Waals surface area contributed by atoms with Crippen molar-refractivity contribution >= 4 is 29.3 Å². The Bertz CT molecular complexity index is 423. The lowest BCUT2D eigenvalue weighted by molar-refractivity contribution is 0.0696. The minimum atomic E-state index is -1.05. The Labute approximate surface area is 115 Å². The van der Waals surface area contributed by atoms with Crippen molar-refractivity contribution in [2.24, 2.45) is 0 Å². The van der Waals surface area contributed by atoms with Crippen LogP contribution in [0.15, 0.2) is 12.1 Å². The normalized spacial score (nSPS) is 10.2. The number of carboxylic acid groups (broad SMARTS) is 1. The number of ether oxygens (including phenoxy) is 2. The molecule has 1 rings (SSSR count). The maximum absolute atomic E-state index is 10.9. The van der Waals surface area contributed by atoms with Gasteiger partial charge in [0.05, 0.1) is 24.3 Å². The molecular weight excluding hydrogens is 276 g/mol. The summed E-state index contributed by atoms with van der Waals surface area (Å²) in [5.41, 5.74) is 0.0771. The predicted octanol–water partition coefficient (Wildman–Crippen LogP) is 3.18. The molecule has 0 bridgehead atoms. The number of thioether (sulfide) groups is 1. The number of benzene rings is 1. The summed E-state index contributed by atoms with van der Waals surface area (Å²) in [5.74, 6) is 0.672. The van der Waals surface area contributed by atoms with Crippen LogP contribution in [0.3, 0.4) is 0 Å². The van der Waals surface area contributed by atoms with Crippen LogP contribution < -0.4 is 9.47 Å². The molecule has 6 heteroatoms. The Morgan fingerprint density at radius 3 is 2.78 bits per heavy atom. The molecular formula is C12H15ClO4S. The van der Waals surface area contributed by atoms with Crippen molar-refractivity contribution in [3.8, 4) is 11.5 Å². The maximum atomic E-state index is 10.9. The summed E-state index contributed by atoms with van der Waals surface area (Å²) in [6.45, 7) is 0.517. The standard InChI is InChI=1S/C12H15ClO4S/c1-16-10-7-8(12(14)15)6-9(13)11(10)17-4-3-5-18-2/h6-7H,3-5H2,1-2H3,(H,14,15). The Morgan fingerprint density at radius 2 is 2.22 bits per heavy atom. The summed E-state index contributed by atoms with van der Waals surface area (Å²) in [4.78, 5) is 10.9. The van der Waals surface area contributed by atoms with E-state index in [9.17, 15) is 4.79 Å². The first kappa shape index (κ1) is 15.0. The summed E-state index contributed by atoms with van der Waals surface area (Å²) >= 11 is 7.73. The van der Waals surface area contributed by atoms with Gasteiger partial charge in [-0.2, -0.15) is 11.8 Å². The van der Waals surface area contributed by atoms with Crippen LogP contribution in [0, 0.1) is 0 Å². The van der Waals surface area contributed by atoms with E-state index in [0.717, 1.165) is 12.2 Å². The molecule has 1 N–H and O–H groups in total. The van der Waals surface area contributed by atoms with Gasteiger partial charge in [-0.3, -0.25) is 0 Å². The third-order valence-electron chi connectivity index (χ3n) is 2.22.